The van der Waals surface area contributed by atoms with Gasteiger partial charge in [-0.15, -0.1) is 0 Å². The number of carbonyl (C=O) groups excluding carboxylic acids is 3. The fourth-order valence-electron chi connectivity index (χ4n) is 4.32. The number of unbranched alkanes of at least 4 members (excludes halogenated alkanes) is 1. The Morgan fingerprint density at radius 1 is 0.795 bits per heavy atom. The molecule has 1 atom stereocenters. The van der Waals surface area contributed by atoms with Crippen molar-refractivity contribution < 1.29 is 28.6 Å². The normalized spacial score (nSPS) is 12.6. The molecule has 39 heavy (non-hydrogen) atoms. The first kappa shape index (κ1) is 34.5. The van der Waals surface area contributed by atoms with Gasteiger partial charge >= 0.3 is 17.9 Å². The summed E-state index contributed by atoms with van der Waals surface area (Å²) in [5.74, 6) is -1.72. The summed E-state index contributed by atoms with van der Waals surface area (Å²) in [7, 11) is 0. The van der Waals surface area contributed by atoms with Gasteiger partial charge in [0.15, 0.2) is 0 Å². The minimum Gasteiger partial charge on any atom is -0.464 e. The van der Waals surface area contributed by atoms with E-state index in [4.69, 9.17) is 19.9 Å². The standard InChI is InChI=1S/C30H51N3O6/c1-8-18-32(19-9-2)20-12-13-21-33(26(28(35)37-10-3)29(36)38-11-4)22-23-14-16-24(17-15-23)25(31)27(34)39-30(5,6)7/h14-17,25-26H,8-13,18-22,31H2,1-7H3. The van der Waals surface area contributed by atoms with Crippen molar-refractivity contribution in [3.8, 4) is 0 Å². The third-order valence-corrected chi connectivity index (χ3v) is 6.02. The smallest absolute Gasteiger partial charge is 0.335 e. The van der Waals surface area contributed by atoms with Crippen molar-refractivity contribution in [1.82, 2.24) is 9.80 Å². The average molecular weight is 550 g/mol. The average Bonchev–Trinajstić information content (AvgIpc) is 2.86. The molecule has 222 valence electrons. The quantitative estimate of drug-likeness (QED) is 0.124. The lowest BCUT2D eigenvalue weighted by Gasteiger charge is -2.29. The van der Waals surface area contributed by atoms with Crippen molar-refractivity contribution in [3.05, 3.63) is 35.4 Å². The second-order valence-electron chi connectivity index (χ2n) is 10.7. The van der Waals surface area contributed by atoms with E-state index in [2.05, 4.69) is 18.7 Å². The first-order valence-corrected chi connectivity index (χ1v) is 14.3. The lowest BCUT2D eigenvalue weighted by Crippen LogP contribution is -2.48. The third kappa shape index (κ3) is 12.9. The van der Waals surface area contributed by atoms with Gasteiger partial charge in [0.05, 0.1) is 13.2 Å². The molecular formula is C30H51N3O6. The molecule has 1 unspecified atom stereocenters. The van der Waals surface area contributed by atoms with Crippen LogP contribution in [0.15, 0.2) is 24.3 Å². The minimum absolute atomic E-state index is 0.169. The summed E-state index contributed by atoms with van der Waals surface area (Å²) in [6.07, 6.45) is 3.96. The molecule has 9 nitrogen and oxygen atoms in total. The van der Waals surface area contributed by atoms with Gasteiger partial charge in [-0.25, -0.2) is 14.4 Å². The molecule has 1 aromatic carbocycles. The Labute approximate surface area is 235 Å². The number of ether oxygens (including phenoxy) is 3. The van der Waals surface area contributed by atoms with Crippen LogP contribution in [0.4, 0.5) is 0 Å². The van der Waals surface area contributed by atoms with Crippen LogP contribution in [0.1, 0.15) is 91.3 Å². The van der Waals surface area contributed by atoms with Crippen LogP contribution in [0.2, 0.25) is 0 Å². The number of hydrogen-bond acceptors (Lipinski definition) is 9. The molecule has 0 fully saturated rings. The largest absolute Gasteiger partial charge is 0.464 e. The molecule has 0 heterocycles. The number of esters is 3. The number of hydrogen-bond donors (Lipinski definition) is 1. The highest BCUT2D eigenvalue weighted by Gasteiger charge is 2.35. The van der Waals surface area contributed by atoms with E-state index in [1.807, 2.05) is 17.0 Å². The summed E-state index contributed by atoms with van der Waals surface area (Å²) < 4.78 is 15.9. The van der Waals surface area contributed by atoms with E-state index in [0.717, 1.165) is 50.9 Å². The van der Waals surface area contributed by atoms with E-state index < -0.39 is 35.6 Å². The summed E-state index contributed by atoms with van der Waals surface area (Å²) in [5, 5.41) is 0. The van der Waals surface area contributed by atoms with Crippen LogP contribution in [-0.4, -0.2) is 78.7 Å². The van der Waals surface area contributed by atoms with Gasteiger partial charge in [0.1, 0.15) is 11.6 Å². The van der Waals surface area contributed by atoms with Gasteiger partial charge in [-0.05, 0) is 97.6 Å². The van der Waals surface area contributed by atoms with E-state index in [9.17, 15) is 14.4 Å². The highest BCUT2D eigenvalue weighted by atomic mass is 16.6. The number of benzene rings is 1. The molecule has 0 aromatic heterocycles. The maximum absolute atomic E-state index is 12.9. The Bertz CT molecular complexity index is 844. The number of rotatable bonds is 18. The maximum Gasteiger partial charge on any atom is 0.335 e. The Morgan fingerprint density at radius 2 is 1.31 bits per heavy atom. The molecule has 2 N–H and O–H groups in total. The van der Waals surface area contributed by atoms with Gasteiger partial charge in [-0.3, -0.25) is 4.90 Å². The predicted molar refractivity (Wildman–Crippen MR) is 153 cm³/mol. The Hall–Kier alpha value is -2.49. The molecule has 0 spiro atoms. The second-order valence-corrected chi connectivity index (χ2v) is 10.7. The Morgan fingerprint density at radius 3 is 1.77 bits per heavy atom. The number of carbonyl (C=O) groups is 3. The van der Waals surface area contributed by atoms with Gasteiger partial charge in [0.25, 0.3) is 0 Å². The summed E-state index contributed by atoms with van der Waals surface area (Å²) in [6.45, 7) is 17.5. The molecule has 0 saturated carbocycles. The zero-order valence-electron chi connectivity index (χ0n) is 25.2. The zero-order chi connectivity index (χ0) is 29.4. The molecule has 0 saturated heterocycles. The molecule has 0 radical (unpaired) electrons. The van der Waals surface area contributed by atoms with Crippen LogP contribution in [0.25, 0.3) is 0 Å². The first-order valence-electron chi connectivity index (χ1n) is 14.3. The van der Waals surface area contributed by atoms with Crippen molar-refractivity contribution in [2.45, 2.75) is 98.4 Å². The molecule has 9 heteroatoms. The molecule has 0 aliphatic heterocycles. The Kier molecular flexibility index (Phi) is 15.9. The summed E-state index contributed by atoms with van der Waals surface area (Å²) in [4.78, 5) is 42.5. The highest BCUT2D eigenvalue weighted by Crippen LogP contribution is 2.19. The monoisotopic (exact) mass is 549 g/mol. The predicted octanol–water partition coefficient (Wildman–Crippen LogP) is 4.23. The first-order chi connectivity index (χ1) is 18.5. The van der Waals surface area contributed by atoms with E-state index in [1.54, 1.807) is 46.8 Å². The van der Waals surface area contributed by atoms with Gasteiger partial charge in [0, 0.05) is 6.54 Å². The highest BCUT2D eigenvalue weighted by molar-refractivity contribution is 5.99. The van der Waals surface area contributed by atoms with Crippen LogP contribution < -0.4 is 5.73 Å². The minimum atomic E-state index is -1.16. The van der Waals surface area contributed by atoms with E-state index in [1.165, 1.54) is 0 Å². The van der Waals surface area contributed by atoms with Crippen molar-refractivity contribution in [3.63, 3.8) is 0 Å². The fraction of sp³-hybridized carbons (Fsp3) is 0.700. The molecule has 0 amide bonds. The zero-order valence-corrected chi connectivity index (χ0v) is 25.2. The van der Waals surface area contributed by atoms with Crippen LogP contribution in [-0.2, 0) is 35.1 Å². The van der Waals surface area contributed by atoms with Crippen molar-refractivity contribution in [1.29, 1.82) is 0 Å². The second kappa shape index (κ2) is 18.0. The third-order valence-electron chi connectivity index (χ3n) is 6.02. The molecule has 1 rings (SSSR count). The summed E-state index contributed by atoms with van der Waals surface area (Å²) in [5.41, 5.74) is 6.99. The van der Waals surface area contributed by atoms with Gasteiger partial charge in [-0.1, -0.05) is 38.1 Å². The van der Waals surface area contributed by atoms with Gasteiger partial charge in [-0.2, -0.15) is 0 Å². The SMILES string of the molecule is CCCN(CCC)CCCCN(Cc1ccc(C(N)C(=O)OC(C)(C)C)cc1)C(C(=O)OCC)C(=O)OCC. The lowest BCUT2D eigenvalue weighted by atomic mass is 10.0. The molecule has 1 aromatic rings. The maximum atomic E-state index is 12.9. The van der Waals surface area contributed by atoms with Crippen molar-refractivity contribution >= 4 is 17.9 Å². The van der Waals surface area contributed by atoms with Crippen molar-refractivity contribution in [2.75, 3.05) is 39.4 Å². The molecule has 0 bridgehead atoms. The number of nitrogens with two attached hydrogens (primary N) is 1. The number of nitrogens with zero attached hydrogens (tertiary/aromatic N) is 2. The topological polar surface area (TPSA) is 111 Å². The van der Waals surface area contributed by atoms with Crippen LogP contribution in [0, 0.1) is 0 Å². The molecule has 0 aliphatic rings. The molecular weight excluding hydrogens is 498 g/mol. The fourth-order valence-corrected chi connectivity index (χ4v) is 4.32. The molecule has 0 aliphatic carbocycles. The lowest BCUT2D eigenvalue weighted by molar-refractivity contribution is -0.164. The van der Waals surface area contributed by atoms with E-state index >= 15 is 0 Å². The van der Waals surface area contributed by atoms with Crippen LogP contribution >= 0.6 is 0 Å². The Balaban J connectivity index is 3.09. The summed E-state index contributed by atoms with van der Waals surface area (Å²) >= 11 is 0. The van der Waals surface area contributed by atoms with E-state index in [-0.39, 0.29) is 13.2 Å². The van der Waals surface area contributed by atoms with Gasteiger partial charge < -0.3 is 24.8 Å². The van der Waals surface area contributed by atoms with Crippen LogP contribution in [0.3, 0.4) is 0 Å². The summed E-state index contributed by atoms with van der Waals surface area (Å²) in [6, 6.07) is 5.19. The van der Waals surface area contributed by atoms with Crippen molar-refractivity contribution in [2.24, 2.45) is 5.73 Å². The van der Waals surface area contributed by atoms with Gasteiger partial charge in [0.2, 0.25) is 6.04 Å². The van der Waals surface area contributed by atoms with E-state index in [0.29, 0.717) is 18.7 Å². The van der Waals surface area contributed by atoms with Crippen LogP contribution in [0.5, 0.6) is 0 Å².